The van der Waals surface area contributed by atoms with E-state index >= 15 is 0 Å². The number of methoxy groups -OCH3 is 1. The highest BCUT2D eigenvalue weighted by molar-refractivity contribution is 7.11. The molecule has 1 aromatic heterocycles. The molecule has 0 amide bonds. The Morgan fingerprint density at radius 3 is 2.67 bits per heavy atom. The Hall–Kier alpha value is -0.450. The van der Waals surface area contributed by atoms with E-state index in [-0.39, 0.29) is 0 Å². The maximum atomic E-state index is 5.14. The highest BCUT2D eigenvalue weighted by Gasteiger charge is 2.08. The van der Waals surface area contributed by atoms with E-state index in [0.29, 0.717) is 6.04 Å². The van der Waals surface area contributed by atoms with Gasteiger partial charge in [0.2, 0.25) is 0 Å². The molecule has 3 nitrogen and oxygen atoms in total. The van der Waals surface area contributed by atoms with Gasteiger partial charge >= 0.3 is 0 Å². The van der Waals surface area contributed by atoms with Crippen molar-refractivity contribution in [2.75, 3.05) is 13.7 Å². The summed E-state index contributed by atoms with van der Waals surface area (Å²) in [4.78, 5) is 5.74. The number of nitrogens with one attached hydrogen (secondary N) is 1. The van der Waals surface area contributed by atoms with Crippen molar-refractivity contribution in [3.8, 4) is 0 Å². The van der Waals surface area contributed by atoms with Crippen molar-refractivity contribution in [1.82, 2.24) is 10.3 Å². The predicted octanol–water partition coefficient (Wildman–Crippen LogP) is 2.27. The number of ether oxygens (including phenoxy) is 1. The van der Waals surface area contributed by atoms with E-state index in [9.17, 15) is 0 Å². The molecule has 1 aromatic rings. The minimum absolute atomic E-state index is 0.441. The zero-order chi connectivity index (χ0) is 11.3. The summed E-state index contributed by atoms with van der Waals surface area (Å²) < 4.78 is 5.14. The fraction of sp³-hybridized carbons (Fsp3) is 0.727. The Bertz CT molecular complexity index is 299. The van der Waals surface area contributed by atoms with Gasteiger partial charge in [-0.1, -0.05) is 6.92 Å². The third kappa shape index (κ3) is 3.89. The smallest absolute Gasteiger partial charge is 0.0900 e. The number of aryl methyl sites for hydroxylation is 2. The molecule has 1 rings (SSSR count). The average molecular weight is 228 g/mol. The van der Waals surface area contributed by atoms with E-state index in [1.165, 1.54) is 4.88 Å². The van der Waals surface area contributed by atoms with Crippen LogP contribution in [0.4, 0.5) is 0 Å². The van der Waals surface area contributed by atoms with Gasteiger partial charge in [-0.05, 0) is 20.3 Å². The van der Waals surface area contributed by atoms with Crippen LogP contribution in [0.15, 0.2) is 0 Å². The van der Waals surface area contributed by atoms with E-state index in [4.69, 9.17) is 4.74 Å². The van der Waals surface area contributed by atoms with Gasteiger partial charge in [0.05, 0.1) is 17.3 Å². The molecule has 86 valence electrons. The van der Waals surface area contributed by atoms with E-state index < -0.39 is 0 Å². The van der Waals surface area contributed by atoms with Crippen LogP contribution in [0.25, 0.3) is 0 Å². The van der Waals surface area contributed by atoms with Crippen LogP contribution in [0, 0.1) is 13.8 Å². The van der Waals surface area contributed by atoms with Gasteiger partial charge in [-0.3, -0.25) is 0 Å². The predicted molar refractivity (Wildman–Crippen MR) is 64.4 cm³/mol. The van der Waals surface area contributed by atoms with Gasteiger partial charge in [-0.25, -0.2) is 4.98 Å². The van der Waals surface area contributed by atoms with Gasteiger partial charge in [0.1, 0.15) is 0 Å². The standard InChI is InChI=1S/C11H20N2OS/c1-5-10(7-14-4)12-6-11-8(2)13-9(3)15-11/h10,12H,5-7H2,1-4H3. The lowest BCUT2D eigenvalue weighted by Crippen LogP contribution is -2.31. The van der Waals surface area contributed by atoms with Crippen molar-refractivity contribution in [2.24, 2.45) is 0 Å². The Morgan fingerprint density at radius 1 is 1.47 bits per heavy atom. The maximum absolute atomic E-state index is 5.14. The van der Waals surface area contributed by atoms with Gasteiger partial charge in [0.25, 0.3) is 0 Å². The third-order valence-corrected chi connectivity index (χ3v) is 3.48. The SMILES string of the molecule is CCC(COC)NCc1sc(C)nc1C. The Balaban J connectivity index is 2.44. The molecule has 0 saturated carbocycles. The van der Waals surface area contributed by atoms with Gasteiger partial charge in [-0.15, -0.1) is 11.3 Å². The molecule has 0 saturated heterocycles. The van der Waals surface area contributed by atoms with Crippen LogP contribution in [-0.4, -0.2) is 24.7 Å². The van der Waals surface area contributed by atoms with Gasteiger partial charge < -0.3 is 10.1 Å². The second-order valence-electron chi connectivity index (χ2n) is 3.68. The van der Waals surface area contributed by atoms with E-state index in [0.717, 1.165) is 30.3 Å². The second kappa shape index (κ2) is 6.20. The summed E-state index contributed by atoms with van der Waals surface area (Å²) in [6, 6.07) is 0.441. The molecular weight excluding hydrogens is 208 g/mol. The van der Waals surface area contributed by atoms with E-state index in [2.05, 4.69) is 24.1 Å². The topological polar surface area (TPSA) is 34.1 Å². The molecule has 0 radical (unpaired) electrons. The van der Waals surface area contributed by atoms with Crippen molar-refractivity contribution in [1.29, 1.82) is 0 Å². The van der Waals surface area contributed by atoms with E-state index in [1.54, 1.807) is 18.4 Å². The highest BCUT2D eigenvalue weighted by atomic mass is 32.1. The highest BCUT2D eigenvalue weighted by Crippen LogP contribution is 2.16. The second-order valence-corrected chi connectivity index (χ2v) is 4.97. The molecule has 15 heavy (non-hydrogen) atoms. The number of hydrogen-bond acceptors (Lipinski definition) is 4. The average Bonchev–Trinajstić information content (AvgIpc) is 2.52. The Morgan fingerprint density at radius 2 is 2.20 bits per heavy atom. The molecule has 0 aliphatic heterocycles. The first-order chi connectivity index (χ1) is 7.17. The number of rotatable bonds is 6. The fourth-order valence-electron chi connectivity index (χ4n) is 1.50. The molecule has 0 fully saturated rings. The normalized spacial score (nSPS) is 13.1. The Labute approximate surface area is 95.9 Å². The summed E-state index contributed by atoms with van der Waals surface area (Å²) in [6.07, 6.45) is 1.09. The minimum atomic E-state index is 0.441. The summed E-state index contributed by atoms with van der Waals surface area (Å²) in [5.74, 6) is 0. The molecule has 0 bridgehead atoms. The Kier molecular flexibility index (Phi) is 5.22. The lowest BCUT2D eigenvalue weighted by Gasteiger charge is -2.15. The van der Waals surface area contributed by atoms with Crippen molar-refractivity contribution >= 4 is 11.3 Å². The zero-order valence-electron chi connectivity index (χ0n) is 9.96. The number of thiazole rings is 1. The molecule has 4 heteroatoms. The molecule has 0 aromatic carbocycles. The van der Waals surface area contributed by atoms with Crippen molar-refractivity contribution in [2.45, 2.75) is 39.8 Å². The minimum Gasteiger partial charge on any atom is -0.383 e. The molecule has 0 aliphatic rings. The van der Waals surface area contributed by atoms with Crippen LogP contribution in [0.5, 0.6) is 0 Å². The first kappa shape index (κ1) is 12.6. The van der Waals surface area contributed by atoms with Gasteiger partial charge in [-0.2, -0.15) is 0 Å². The zero-order valence-corrected chi connectivity index (χ0v) is 10.8. The third-order valence-electron chi connectivity index (χ3n) is 2.41. The van der Waals surface area contributed by atoms with E-state index in [1.807, 2.05) is 6.92 Å². The quantitative estimate of drug-likeness (QED) is 0.811. The van der Waals surface area contributed by atoms with Crippen LogP contribution in [-0.2, 0) is 11.3 Å². The van der Waals surface area contributed by atoms with Crippen LogP contribution < -0.4 is 5.32 Å². The summed E-state index contributed by atoms with van der Waals surface area (Å²) in [7, 11) is 1.74. The van der Waals surface area contributed by atoms with Crippen LogP contribution >= 0.6 is 11.3 Å². The van der Waals surface area contributed by atoms with Crippen molar-refractivity contribution < 1.29 is 4.74 Å². The largest absolute Gasteiger partial charge is 0.383 e. The van der Waals surface area contributed by atoms with Crippen molar-refractivity contribution in [3.63, 3.8) is 0 Å². The molecule has 1 unspecified atom stereocenters. The number of hydrogen-bond donors (Lipinski definition) is 1. The van der Waals surface area contributed by atoms with Crippen LogP contribution in [0.2, 0.25) is 0 Å². The molecule has 1 atom stereocenters. The summed E-state index contributed by atoms with van der Waals surface area (Å²) >= 11 is 1.77. The monoisotopic (exact) mass is 228 g/mol. The number of aromatic nitrogens is 1. The van der Waals surface area contributed by atoms with Crippen LogP contribution in [0.3, 0.4) is 0 Å². The van der Waals surface area contributed by atoms with Gasteiger partial charge in [0, 0.05) is 24.6 Å². The first-order valence-corrected chi connectivity index (χ1v) is 6.14. The van der Waals surface area contributed by atoms with Crippen molar-refractivity contribution in [3.05, 3.63) is 15.6 Å². The molecular formula is C11H20N2OS. The lowest BCUT2D eigenvalue weighted by molar-refractivity contribution is 0.164. The molecule has 0 spiro atoms. The summed E-state index contributed by atoms with van der Waals surface area (Å²) in [5, 5.41) is 4.63. The van der Waals surface area contributed by atoms with Crippen LogP contribution in [0.1, 0.15) is 28.9 Å². The lowest BCUT2D eigenvalue weighted by atomic mass is 10.2. The number of nitrogens with zero attached hydrogens (tertiary/aromatic N) is 1. The molecule has 0 aliphatic carbocycles. The molecule has 1 N–H and O–H groups in total. The maximum Gasteiger partial charge on any atom is 0.0900 e. The molecule has 1 heterocycles. The first-order valence-electron chi connectivity index (χ1n) is 5.32. The summed E-state index contributed by atoms with van der Waals surface area (Å²) in [6.45, 7) is 7.96. The fourth-order valence-corrected chi connectivity index (χ4v) is 2.38. The summed E-state index contributed by atoms with van der Waals surface area (Å²) in [5.41, 5.74) is 1.15. The van der Waals surface area contributed by atoms with Gasteiger partial charge in [0.15, 0.2) is 0 Å².